The molecule has 0 atom stereocenters. The van der Waals surface area contributed by atoms with E-state index in [0.717, 1.165) is 44.2 Å². The van der Waals surface area contributed by atoms with E-state index in [2.05, 4.69) is 46.4 Å². The number of piperazine rings is 1. The van der Waals surface area contributed by atoms with Crippen LogP contribution in [0.4, 0.5) is 5.69 Å². The van der Waals surface area contributed by atoms with Gasteiger partial charge in [-0.05, 0) is 36.9 Å². The standard InChI is InChI=1S/C21H27N3OS/c1-23-11-13-24(14-12-23)17-18-6-5-7-19(16-18)22-21(25)10-15-26-20-8-3-2-4-9-20/h2-9,16H,10-15,17H2,1H3,(H,22,25). The van der Waals surface area contributed by atoms with Gasteiger partial charge in [0.05, 0.1) is 0 Å². The van der Waals surface area contributed by atoms with Crippen LogP contribution in [0.5, 0.6) is 0 Å². The number of amides is 1. The van der Waals surface area contributed by atoms with Crippen LogP contribution in [0.25, 0.3) is 0 Å². The third kappa shape index (κ3) is 6.16. The number of hydrogen-bond acceptors (Lipinski definition) is 4. The van der Waals surface area contributed by atoms with Crippen LogP contribution in [-0.2, 0) is 11.3 Å². The largest absolute Gasteiger partial charge is 0.326 e. The normalized spacial score (nSPS) is 15.7. The molecule has 0 unspecified atom stereocenters. The molecule has 0 radical (unpaired) electrons. The van der Waals surface area contributed by atoms with E-state index in [1.807, 2.05) is 30.3 Å². The maximum Gasteiger partial charge on any atom is 0.225 e. The Morgan fingerprint density at radius 1 is 1.04 bits per heavy atom. The van der Waals surface area contributed by atoms with E-state index >= 15 is 0 Å². The first kappa shape index (κ1) is 19.0. The predicted octanol–water partition coefficient (Wildman–Crippen LogP) is 3.55. The summed E-state index contributed by atoms with van der Waals surface area (Å²) in [6.45, 7) is 5.39. The lowest BCUT2D eigenvalue weighted by Gasteiger charge is -2.32. The van der Waals surface area contributed by atoms with Gasteiger partial charge in [0.2, 0.25) is 5.91 Å². The number of benzene rings is 2. The average Bonchev–Trinajstić information content (AvgIpc) is 2.65. The maximum absolute atomic E-state index is 12.2. The molecular weight excluding hydrogens is 342 g/mol. The second-order valence-corrected chi connectivity index (χ2v) is 7.91. The molecule has 1 heterocycles. The predicted molar refractivity (Wildman–Crippen MR) is 110 cm³/mol. The van der Waals surface area contributed by atoms with E-state index in [1.165, 1.54) is 10.5 Å². The van der Waals surface area contributed by atoms with Crippen LogP contribution in [0.3, 0.4) is 0 Å². The molecule has 2 aromatic rings. The van der Waals surface area contributed by atoms with E-state index in [1.54, 1.807) is 11.8 Å². The first-order valence-electron chi connectivity index (χ1n) is 9.16. The van der Waals surface area contributed by atoms with Crippen LogP contribution >= 0.6 is 11.8 Å². The first-order valence-corrected chi connectivity index (χ1v) is 10.2. The highest BCUT2D eigenvalue weighted by Gasteiger charge is 2.14. The summed E-state index contributed by atoms with van der Waals surface area (Å²) >= 11 is 1.71. The SMILES string of the molecule is CN1CCN(Cc2cccc(NC(=O)CCSc3ccccc3)c2)CC1. The van der Waals surface area contributed by atoms with Crippen LogP contribution < -0.4 is 5.32 Å². The van der Waals surface area contributed by atoms with Gasteiger partial charge in [-0.2, -0.15) is 0 Å². The average molecular weight is 370 g/mol. The van der Waals surface area contributed by atoms with Gasteiger partial charge in [0.1, 0.15) is 0 Å². The summed E-state index contributed by atoms with van der Waals surface area (Å²) in [6, 6.07) is 18.4. The minimum atomic E-state index is 0.0742. The van der Waals surface area contributed by atoms with Gasteiger partial charge in [0, 0.05) is 55.5 Å². The van der Waals surface area contributed by atoms with Crippen molar-refractivity contribution in [3.05, 3.63) is 60.2 Å². The lowest BCUT2D eigenvalue weighted by atomic mass is 10.1. The maximum atomic E-state index is 12.2. The van der Waals surface area contributed by atoms with Crippen molar-refractivity contribution < 1.29 is 4.79 Å². The number of carbonyl (C=O) groups excluding carboxylic acids is 1. The fourth-order valence-electron chi connectivity index (χ4n) is 3.01. The molecule has 0 spiro atoms. The van der Waals surface area contributed by atoms with Crippen molar-refractivity contribution in [2.45, 2.75) is 17.9 Å². The second-order valence-electron chi connectivity index (χ2n) is 6.74. The van der Waals surface area contributed by atoms with Gasteiger partial charge in [-0.3, -0.25) is 9.69 Å². The summed E-state index contributed by atoms with van der Waals surface area (Å²) in [6.07, 6.45) is 0.516. The lowest BCUT2D eigenvalue weighted by molar-refractivity contribution is -0.115. The molecule has 5 heteroatoms. The van der Waals surface area contributed by atoms with E-state index in [-0.39, 0.29) is 5.91 Å². The van der Waals surface area contributed by atoms with Gasteiger partial charge in [-0.15, -0.1) is 11.8 Å². The number of likely N-dealkylation sites (N-methyl/N-ethyl adjacent to an activating group) is 1. The van der Waals surface area contributed by atoms with Gasteiger partial charge >= 0.3 is 0 Å². The Hall–Kier alpha value is -1.82. The number of nitrogens with one attached hydrogen (secondary N) is 1. The molecule has 1 saturated heterocycles. The minimum Gasteiger partial charge on any atom is -0.326 e. The molecular formula is C21H27N3OS. The van der Waals surface area contributed by atoms with Gasteiger partial charge < -0.3 is 10.2 Å². The van der Waals surface area contributed by atoms with Crippen molar-refractivity contribution in [2.24, 2.45) is 0 Å². The molecule has 1 aliphatic heterocycles. The summed E-state index contributed by atoms with van der Waals surface area (Å²) in [5.41, 5.74) is 2.15. The number of carbonyl (C=O) groups is 1. The van der Waals surface area contributed by atoms with E-state index in [4.69, 9.17) is 0 Å². The fraction of sp³-hybridized carbons (Fsp3) is 0.381. The van der Waals surface area contributed by atoms with Crippen molar-refractivity contribution in [1.82, 2.24) is 9.80 Å². The summed E-state index contributed by atoms with van der Waals surface area (Å²) in [7, 11) is 2.17. The van der Waals surface area contributed by atoms with Crippen molar-refractivity contribution in [3.8, 4) is 0 Å². The van der Waals surface area contributed by atoms with Crippen molar-refractivity contribution in [1.29, 1.82) is 0 Å². The Kier molecular flexibility index (Phi) is 7.12. The summed E-state index contributed by atoms with van der Waals surface area (Å²) < 4.78 is 0. The molecule has 26 heavy (non-hydrogen) atoms. The van der Waals surface area contributed by atoms with Crippen LogP contribution in [0, 0.1) is 0 Å². The van der Waals surface area contributed by atoms with Crippen molar-refractivity contribution in [3.63, 3.8) is 0 Å². The van der Waals surface area contributed by atoms with Crippen LogP contribution in [0.15, 0.2) is 59.5 Å². The number of rotatable bonds is 7. The van der Waals surface area contributed by atoms with Gasteiger partial charge in [0.25, 0.3) is 0 Å². The minimum absolute atomic E-state index is 0.0742. The molecule has 0 aliphatic carbocycles. The van der Waals surface area contributed by atoms with E-state index < -0.39 is 0 Å². The zero-order chi connectivity index (χ0) is 18.2. The first-order chi connectivity index (χ1) is 12.7. The van der Waals surface area contributed by atoms with Crippen LogP contribution in [0.2, 0.25) is 0 Å². The van der Waals surface area contributed by atoms with Gasteiger partial charge in [0.15, 0.2) is 0 Å². The topological polar surface area (TPSA) is 35.6 Å². The Bertz CT molecular complexity index is 699. The highest BCUT2D eigenvalue weighted by Crippen LogP contribution is 2.19. The molecule has 0 bridgehead atoms. The Morgan fingerprint density at radius 2 is 1.81 bits per heavy atom. The summed E-state index contributed by atoms with van der Waals surface area (Å²) in [4.78, 5) is 18.2. The van der Waals surface area contributed by atoms with Crippen LogP contribution in [-0.4, -0.2) is 54.7 Å². The molecule has 138 valence electrons. The highest BCUT2D eigenvalue weighted by molar-refractivity contribution is 7.99. The van der Waals surface area contributed by atoms with Crippen molar-refractivity contribution >= 4 is 23.4 Å². The molecule has 1 amide bonds. The lowest BCUT2D eigenvalue weighted by Crippen LogP contribution is -2.43. The molecule has 1 aliphatic rings. The molecule has 1 fully saturated rings. The number of hydrogen-bond donors (Lipinski definition) is 1. The molecule has 4 nitrogen and oxygen atoms in total. The number of anilines is 1. The molecule has 0 aromatic heterocycles. The third-order valence-electron chi connectivity index (χ3n) is 4.55. The zero-order valence-electron chi connectivity index (χ0n) is 15.4. The number of nitrogens with zero attached hydrogens (tertiary/aromatic N) is 2. The van der Waals surface area contributed by atoms with Gasteiger partial charge in [-0.1, -0.05) is 30.3 Å². The molecule has 3 rings (SSSR count). The molecule has 0 saturated carbocycles. The third-order valence-corrected chi connectivity index (χ3v) is 5.57. The monoisotopic (exact) mass is 369 g/mol. The zero-order valence-corrected chi connectivity index (χ0v) is 16.2. The Balaban J connectivity index is 1.44. The quantitative estimate of drug-likeness (QED) is 0.757. The molecule has 1 N–H and O–H groups in total. The van der Waals surface area contributed by atoms with E-state index in [9.17, 15) is 4.79 Å². The van der Waals surface area contributed by atoms with E-state index in [0.29, 0.717) is 6.42 Å². The van der Waals surface area contributed by atoms with Crippen molar-refractivity contribution in [2.75, 3.05) is 44.3 Å². The highest BCUT2D eigenvalue weighted by atomic mass is 32.2. The summed E-state index contributed by atoms with van der Waals surface area (Å²) in [5.74, 6) is 0.863. The number of thioether (sulfide) groups is 1. The summed E-state index contributed by atoms with van der Waals surface area (Å²) in [5, 5.41) is 3.03. The molecule has 2 aromatic carbocycles. The fourth-order valence-corrected chi connectivity index (χ4v) is 3.89. The Labute approximate surface area is 160 Å². The smallest absolute Gasteiger partial charge is 0.225 e. The van der Waals surface area contributed by atoms with Crippen LogP contribution in [0.1, 0.15) is 12.0 Å². The second kappa shape index (κ2) is 9.76. The Morgan fingerprint density at radius 3 is 2.58 bits per heavy atom. The van der Waals surface area contributed by atoms with Gasteiger partial charge in [-0.25, -0.2) is 0 Å².